The molecule has 1 aromatic rings. The average molecular weight is 291 g/mol. The number of rotatable bonds is 8. The third-order valence-corrected chi connectivity index (χ3v) is 4.56. The second-order valence-corrected chi connectivity index (χ2v) is 5.72. The number of nitrogens with zero attached hydrogens (tertiary/aromatic N) is 1. The second kappa shape index (κ2) is 6.86. The van der Waals surface area contributed by atoms with E-state index in [1.54, 1.807) is 19.9 Å². The lowest BCUT2D eigenvalue weighted by atomic mass is 10.2. The largest absolute Gasteiger partial charge is 0.480 e. The molecule has 1 atom stereocenters. The van der Waals surface area contributed by atoms with Gasteiger partial charge in [0.1, 0.15) is 5.76 Å². The molecule has 1 N–H and O–H groups in total. The van der Waals surface area contributed by atoms with Gasteiger partial charge < -0.3 is 9.52 Å². The number of furan rings is 1. The number of carboxylic acid groups (broad SMARTS) is 1. The number of carbonyl (C=O) groups is 1. The molecule has 0 bridgehead atoms. The number of carboxylic acids is 1. The maximum atomic E-state index is 12.5. The molecule has 0 aliphatic heterocycles. The molecule has 0 saturated heterocycles. The molecule has 1 unspecified atom stereocenters. The van der Waals surface area contributed by atoms with Crippen molar-refractivity contribution in [3.8, 4) is 0 Å². The lowest BCUT2D eigenvalue weighted by Crippen LogP contribution is -2.30. The highest BCUT2D eigenvalue weighted by atomic mass is 31.2. The van der Waals surface area contributed by atoms with Gasteiger partial charge in [0.25, 0.3) is 0 Å². The minimum Gasteiger partial charge on any atom is -0.480 e. The Kier molecular flexibility index (Phi) is 5.75. The summed E-state index contributed by atoms with van der Waals surface area (Å²) in [6.45, 7) is 3.60. The van der Waals surface area contributed by atoms with E-state index in [1.807, 2.05) is 0 Å². The Morgan fingerprint density at radius 2 is 2.05 bits per heavy atom. The Morgan fingerprint density at radius 1 is 1.47 bits per heavy atom. The second-order valence-electron chi connectivity index (χ2n) is 3.63. The van der Waals surface area contributed by atoms with Crippen molar-refractivity contribution in [1.29, 1.82) is 0 Å². The fourth-order valence-corrected chi connectivity index (χ4v) is 3.19. The summed E-state index contributed by atoms with van der Waals surface area (Å²) >= 11 is 0. The highest BCUT2D eigenvalue weighted by Gasteiger charge is 2.41. The van der Waals surface area contributed by atoms with Gasteiger partial charge in [-0.1, -0.05) is 0 Å². The standard InChI is InChI=1S/C11H18NO6P/c1-4-17-19(15,18-5-2)12(3)10(11(13)14)9-7-6-8-16-9/h6-8,10H,4-5H2,1-3H3,(H,13,14). The topological polar surface area (TPSA) is 89.2 Å². The van der Waals surface area contributed by atoms with E-state index in [2.05, 4.69) is 0 Å². The van der Waals surface area contributed by atoms with Crippen molar-refractivity contribution in [2.24, 2.45) is 0 Å². The van der Waals surface area contributed by atoms with Crippen LogP contribution in [0.25, 0.3) is 0 Å². The fraction of sp³-hybridized carbons (Fsp3) is 0.545. The van der Waals surface area contributed by atoms with E-state index in [-0.39, 0.29) is 19.0 Å². The summed E-state index contributed by atoms with van der Waals surface area (Å²) in [6.07, 6.45) is 1.35. The molecule has 0 spiro atoms. The maximum absolute atomic E-state index is 12.5. The van der Waals surface area contributed by atoms with E-state index in [1.165, 1.54) is 19.4 Å². The predicted molar refractivity (Wildman–Crippen MR) is 67.7 cm³/mol. The molecule has 0 amide bonds. The summed E-state index contributed by atoms with van der Waals surface area (Å²) in [4.78, 5) is 11.4. The van der Waals surface area contributed by atoms with E-state index in [0.29, 0.717) is 0 Å². The monoisotopic (exact) mass is 291 g/mol. The van der Waals surface area contributed by atoms with Crippen molar-refractivity contribution in [2.45, 2.75) is 19.9 Å². The van der Waals surface area contributed by atoms with E-state index < -0.39 is 19.8 Å². The van der Waals surface area contributed by atoms with E-state index >= 15 is 0 Å². The zero-order valence-corrected chi connectivity index (χ0v) is 12.0. The van der Waals surface area contributed by atoms with Gasteiger partial charge >= 0.3 is 13.7 Å². The molecule has 1 aromatic heterocycles. The molecule has 108 valence electrons. The van der Waals surface area contributed by atoms with Crippen molar-refractivity contribution in [1.82, 2.24) is 4.67 Å². The summed E-state index contributed by atoms with van der Waals surface area (Å²) in [5, 5.41) is 9.28. The lowest BCUT2D eigenvalue weighted by Gasteiger charge is -2.29. The van der Waals surface area contributed by atoms with Crippen LogP contribution in [-0.2, 0) is 18.4 Å². The summed E-state index contributed by atoms with van der Waals surface area (Å²) in [5.41, 5.74) is 0. The molecule has 8 heteroatoms. The van der Waals surface area contributed by atoms with Gasteiger partial charge in [-0.05, 0) is 33.0 Å². The first kappa shape index (κ1) is 15.9. The van der Waals surface area contributed by atoms with Crippen molar-refractivity contribution in [3.05, 3.63) is 24.2 Å². The average Bonchev–Trinajstić information content (AvgIpc) is 2.82. The molecule has 0 aromatic carbocycles. The van der Waals surface area contributed by atoms with Gasteiger partial charge in [-0.2, -0.15) is 4.67 Å². The molecule has 0 aliphatic rings. The zero-order valence-electron chi connectivity index (χ0n) is 11.1. The van der Waals surface area contributed by atoms with Crippen molar-refractivity contribution >= 4 is 13.7 Å². The quantitative estimate of drug-likeness (QED) is 0.736. The van der Waals surface area contributed by atoms with Crippen LogP contribution in [0.1, 0.15) is 25.6 Å². The summed E-state index contributed by atoms with van der Waals surface area (Å²) in [7, 11) is -2.30. The molecule has 19 heavy (non-hydrogen) atoms. The Bertz CT molecular complexity index is 436. The van der Waals surface area contributed by atoms with Crippen LogP contribution in [0.15, 0.2) is 22.8 Å². The highest BCUT2D eigenvalue weighted by molar-refractivity contribution is 7.51. The predicted octanol–water partition coefficient (Wildman–Crippen LogP) is 2.52. The van der Waals surface area contributed by atoms with Crippen LogP contribution in [0.3, 0.4) is 0 Å². The van der Waals surface area contributed by atoms with Crippen LogP contribution in [0.4, 0.5) is 0 Å². The number of aliphatic carboxylic acids is 1. The molecule has 1 rings (SSSR count). The lowest BCUT2D eigenvalue weighted by molar-refractivity contribution is -0.142. The smallest absolute Gasteiger partial charge is 0.409 e. The van der Waals surface area contributed by atoms with Crippen LogP contribution in [-0.4, -0.2) is 36.0 Å². The van der Waals surface area contributed by atoms with Gasteiger partial charge in [0.2, 0.25) is 0 Å². The zero-order chi connectivity index (χ0) is 14.5. The van der Waals surface area contributed by atoms with E-state index in [4.69, 9.17) is 13.5 Å². The number of hydrogen-bond acceptors (Lipinski definition) is 5. The van der Waals surface area contributed by atoms with Crippen LogP contribution in [0, 0.1) is 0 Å². The van der Waals surface area contributed by atoms with E-state index in [0.717, 1.165) is 4.67 Å². The normalized spacial score (nSPS) is 13.7. The van der Waals surface area contributed by atoms with Crippen molar-refractivity contribution in [2.75, 3.05) is 20.3 Å². The third-order valence-electron chi connectivity index (χ3n) is 2.39. The molecular formula is C11H18NO6P. The van der Waals surface area contributed by atoms with Crippen LogP contribution >= 0.6 is 7.75 Å². The molecule has 7 nitrogen and oxygen atoms in total. The van der Waals surface area contributed by atoms with Gasteiger partial charge in [-0.25, -0.2) is 4.57 Å². The van der Waals surface area contributed by atoms with Gasteiger partial charge in [0.05, 0.1) is 19.5 Å². The molecule has 0 saturated carbocycles. The SMILES string of the molecule is CCOP(=O)(OCC)N(C)C(C(=O)O)c1ccco1. The van der Waals surface area contributed by atoms with Gasteiger partial charge in [0.15, 0.2) is 6.04 Å². The van der Waals surface area contributed by atoms with Crippen LogP contribution in [0.5, 0.6) is 0 Å². The first-order valence-electron chi connectivity index (χ1n) is 5.84. The molecular weight excluding hydrogens is 273 g/mol. The van der Waals surface area contributed by atoms with Crippen molar-refractivity contribution < 1.29 is 27.9 Å². The summed E-state index contributed by atoms with van der Waals surface area (Å²) < 4.78 is 28.9. The highest BCUT2D eigenvalue weighted by Crippen LogP contribution is 2.54. The molecule has 0 aliphatic carbocycles. The number of hydrogen-bond donors (Lipinski definition) is 1. The first-order valence-corrected chi connectivity index (χ1v) is 7.34. The van der Waals surface area contributed by atoms with Gasteiger partial charge in [-0.15, -0.1) is 0 Å². The van der Waals surface area contributed by atoms with Crippen LogP contribution < -0.4 is 0 Å². The Morgan fingerprint density at radius 3 is 2.42 bits per heavy atom. The molecule has 1 heterocycles. The Labute approximate surface area is 111 Å². The van der Waals surface area contributed by atoms with Gasteiger partial charge in [-0.3, -0.25) is 13.8 Å². The minimum atomic E-state index is -3.67. The van der Waals surface area contributed by atoms with Crippen LogP contribution in [0.2, 0.25) is 0 Å². The Balaban J connectivity index is 3.07. The number of likely N-dealkylation sites (N-methyl/N-ethyl adjacent to an activating group) is 1. The van der Waals surface area contributed by atoms with Crippen molar-refractivity contribution in [3.63, 3.8) is 0 Å². The van der Waals surface area contributed by atoms with E-state index in [9.17, 15) is 14.5 Å². The first-order chi connectivity index (χ1) is 8.96. The summed E-state index contributed by atoms with van der Waals surface area (Å²) in [5.74, 6) is -1.04. The fourth-order valence-electron chi connectivity index (χ4n) is 1.60. The molecule has 0 fully saturated rings. The maximum Gasteiger partial charge on any atom is 0.409 e. The molecule has 0 radical (unpaired) electrons. The summed E-state index contributed by atoms with van der Waals surface area (Å²) in [6, 6.07) is 1.82. The minimum absolute atomic E-state index is 0.145. The Hall–Kier alpha value is -1.14. The van der Waals surface area contributed by atoms with Gasteiger partial charge in [0, 0.05) is 0 Å². The third kappa shape index (κ3) is 3.67.